The number of aromatic nitrogens is 1. The second kappa shape index (κ2) is 6.99. The van der Waals surface area contributed by atoms with Crippen molar-refractivity contribution in [2.24, 2.45) is 0 Å². The lowest BCUT2D eigenvalue weighted by molar-refractivity contribution is 0.355. The first kappa shape index (κ1) is 15.2. The van der Waals surface area contributed by atoms with E-state index >= 15 is 0 Å². The fraction of sp³-hybridized carbons (Fsp3) is 0.400. The standard InChI is InChI=1S/C15H19NO2S2/c1-4-5-11-14(9-19)20-15(16-11)10-6-7-12(17-2)13(8-10)18-3/h6-8,19H,4-5,9H2,1-3H3. The Hall–Kier alpha value is -1.20. The fourth-order valence-electron chi connectivity index (χ4n) is 2.03. The average Bonchev–Trinajstić information content (AvgIpc) is 2.90. The van der Waals surface area contributed by atoms with Gasteiger partial charge >= 0.3 is 0 Å². The van der Waals surface area contributed by atoms with Crippen LogP contribution < -0.4 is 9.47 Å². The van der Waals surface area contributed by atoms with Crippen LogP contribution >= 0.6 is 24.0 Å². The number of hydrogen-bond acceptors (Lipinski definition) is 5. The molecule has 0 radical (unpaired) electrons. The molecule has 2 rings (SSSR count). The highest BCUT2D eigenvalue weighted by atomic mass is 32.1. The van der Waals surface area contributed by atoms with Crippen LogP contribution in [0.3, 0.4) is 0 Å². The third-order valence-corrected chi connectivity index (χ3v) is 4.72. The Balaban J connectivity index is 2.40. The lowest BCUT2D eigenvalue weighted by Crippen LogP contribution is -1.91. The molecule has 0 unspecified atom stereocenters. The summed E-state index contributed by atoms with van der Waals surface area (Å²) < 4.78 is 10.6. The van der Waals surface area contributed by atoms with Gasteiger partial charge in [0.2, 0.25) is 0 Å². The van der Waals surface area contributed by atoms with Crippen molar-refractivity contribution in [1.29, 1.82) is 0 Å². The average molecular weight is 309 g/mol. The summed E-state index contributed by atoms with van der Waals surface area (Å²) in [6, 6.07) is 5.89. The Morgan fingerprint density at radius 2 is 1.95 bits per heavy atom. The molecule has 0 fully saturated rings. The SMILES string of the molecule is CCCc1nc(-c2ccc(OC)c(OC)c2)sc1CS. The second-order valence-electron chi connectivity index (χ2n) is 4.37. The van der Waals surface area contributed by atoms with Crippen molar-refractivity contribution in [2.75, 3.05) is 14.2 Å². The normalized spacial score (nSPS) is 10.6. The van der Waals surface area contributed by atoms with Gasteiger partial charge in [0.05, 0.1) is 19.9 Å². The van der Waals surface area contributed by atoms with E-state index in [2.05, 4.69) is 19.6 Å². The third kappa shape index (κ3) is 3.10. The van der Waals surface area contributed by atoms with E-state index < -0.39 is 0 Å². The van der Waals surface area contributed by atoms with E-state index in [9.17, 15) is 0 Å². The molecule has 0 aliphatic rings. The van der Waals surface area contributed by atoms with Gasteiger partial charge in [0.1, 0.15) is 5.01 Å². The molecular weight excluding hydrogens is 290 g/mol. The summed E-state index contributed by atoms with van der Waals surface area (Å²) in [6.07, 6.45) is 2.09. The van der Waals surface area contributed by atoms with E-state index in [1.54, 1.807) is 25.6 Å². The molecule has 0 amide bonds. The zero-order valence-electron chi connectivity index (χ0n) is 12.0. The highest BCUT2D eigenvalue weighted by Crippen LogP contribution is 2.35. The monoisotopic (exact) mass is 309 g/mol. The Kier molecular flexibility index (Phi) is 5.31. The minimum absolute atomic E-state index is 0.727. The number of methoxy groups -OCH3 is 2. The largest absolute Gasteiger partial charge is 0.493 e. The summed E-state index contributed by atoms with van der Waals surface area (Å²) in [4.78, 5) is 6.00. The second-order valence-corrected chi connectivity index (χ2v) is 5.77. The van der Waals surface area contributed by atoms with Crippen molar-refractivity contribution in [3.8, 4) is 22.1 Å². The first-order valence-corrected chi connectivity index (χ1v) is 8.00. The van der Waals surface area contributed by atoms with Gasteiger partial charge in [0.25, 0.3) is 0 Å². The molecule has 1 aromatic heterocycles. The Morgan fingerprint density at radius 3 is 2.55 bits per heavy atom. The van der Waals surface area contributed by atoms with Gasteiger partial charge in [-0.1, -0.05) is 13.3 Å². The number of thiazole rings is 1. The number of thiol groups is 1. The highest BCUT2D eigenvalue weighted by molar-refractivity contribution is 7.79. The predicted molar refractivity (Wildman–Crippen MR) is 87.3 cm³/mol. The summed E-state index contributed by atoms with van der Waals surface area (Å²) in [5.41, 5.74) is 2.22. The number of nitrogens with zero attached hydrogens (tertiary/aromatic N) is 1. The van der Waals surface area contributed by atoms with Gasteiger partial charge in [0.15, 0.2) is 11.5 Å². The molecule has 0 saturated heterocycles. The lowest BCUT2D eigenvalue weighted by atomic mass is 10.2. The van der Waals surface area contributed by atoms with Gasteiger partial charge < -0.3 is 9.47 Å². The van der Waals surface area contributed by atoms with Crippen LogP contribution in [0.25, 0.3) is 10.6 Å². The highest BCUT2D eigenvalue weighted by Gasteiger charge is 2.13. The van der Waals surface area contributed by atoms with Gasteiger partial charge in [-0.3, -0.25) is 0 Å². The van der Waals surface area contributed by atoms with Crippen molar-refractivity contribution in [1.82, 2.24) is 4.98 Å². The topological polar surface area (TPSA) is 31.4 Å². The third-order valence-electron chi connectivity index (χ3n) is 3.04. The molecular formula is C15H19NO2S2. The van der Waals surface area contributed by atoms with Crippen molar-refractivity contribution >= 4 is 24.0 Å². The Morgan fingerprint density at radius 1 is 1.20 bits per heavy atom. The molecule has 5 heteroatoms. The van der Waals surface area contributed by atoms with Crippen LogP contribution in [-0.4, -0.2) is 19.2 Å². The zero-order valence-corrected chi connectivity index (χ0v) is 13.7. The van der Waals surface area contributed by atoms with Gasteiger partial charge in [-0.15, -0.1) is 11.3 Å². The van der Waals surface area contributed by atoms with Crippen molar-refractivity contribution in [3.05, 3.63) is 28.8 Å². The van der Waals surface area contributed by atoms with Crippen molar-refractivity contribution < 1.29 is 9.47 Å². The van der Waals surface area contributed by atoms with Crippen molar-refractivity contribution in [3.63, 3.8) is 0 Å². The molecule has 20 heavy (non-hydrogen) atoms. The van der Waals surface area contributed by atoms with Gasteiger partial charge in [-0.2, -0.15) is 12.6 Å². The van der Waals surface area contributed by atoms with E-state index in [1.165, 1.54) is 4.88 Å². The Bertz CT molecular complexity index is 581. The molecule has 1 aromatic carbocycles. The molecule has 0 aliphatic heterocycles. The molecule has 0 atom stereocenters. The van der Waals surface area contributed by atoms with Crippen LogP contribution in [0.5, 0.6) is 11.5 Å². The molecule has 0 N–H and O–H groups in total. The van der Waals surface area contributed by atoms with Crippen LogP contribution in [0, 0.1) is 0 Å². The molecule has 0 aliphatic carbocycles. The lowest BCUT2D eigenvalue weighted by Gasteiger charge is -2.08. The maximum atomic E-state index is 5.35. The maximum Gasteiger partial charge on any atom is 0.161 e. The molecule has 0 spiro atoms. The first-order chi connectivity index (χ1) is 9.73. The summed E-state index contributed by atoms with van der Waals surface area (Å²) in [5.74, 6) is 2.20. The minimum atomic E-state index is 0.727. The zero-order chi connectivity index (χ0) is 14.5. The summed E-state index contributed by atoms with van der Waals surface area (Å²) in [6.45, 7) is 2.16. The summed E-state index contributed by atoms with van der Waals surface area (Å²) in [7, 11) is 3.28. The summed E-state index contributed by atoms with van der Waals surface area (Å²) in [5, 5.41) is 1.01. The van der Waals surface area contributed by atoms with Crippen molar-refractivity contribution in [2.45, 2.75) is 25.5 Å². The van der Waals surface area contributed by atoms with Gasteiger partial charge in [-0.05, 0) is 24.6 Å². The number of rotatable bonds is 6. The van der Waals surface area contributed by atoms with E-state index in [0.717, 1.165) is 46.4 Å². The minimum Gasteiger partial charge on any atom is -0.493 e. The molecule has 2 aromatic rings. The number of aryl methyl sites for hydroxylation is 1. The van der Waals surface area contributed by atoms with E-state index in [1.807, 2.05) is 18.2 Å². The molecule has 108 valence electrons. The first-order valence-electron chi connectivity index (χ1n) is 6.55. The van der Waals surface area contributed by atoms with Gasteiger partial charge in [0, 0.05) is 16.2 Å². The molecule has 0 saturated carbocycles. The number of ether oxygens (including phenoxy) is 2. The van der Waals surface area contributed by atoms with Crippen LogP contribution in [0.2, 0.25) is 0 Å². The van der Waals surface area contributed by atoms with Crippen LogP contribution in [-0.2, 0) is 12.2 Å². The molecule has 3 nitrogen and oxygen atoms in total. The van der Waals surface area contributed by atoms with Gasteiger partial charge in [-0.25, -0.2) is 4.98 Å². The van der Waals surface area contributed by atoms with Crippen LogP contribution in [0.15, 0.2) is 18.2 Å². The Labute approximate surface area is 129 Å². The van der Waals surface area contributed by atoms with E-state index in [-0.39, 0.29) is 0 Å². The summed E-state index contributed by atoms with van der Waals surface area (Å²) >= 11 is 6.10. The maximum absolute atomic E-state index is 5.35. The number of hydrogen-bond donors (Lipinski definition) is 1. The van der Waals surface area contributed by atoms with E-state index in [4.69, 9.17) is 14.5 Å². The van der Waals surface area contributed by atoms with Crippen LogP contribution in [0.4, 0.5) is 0 Å². The smallest absolute Gasteiger partial charge is 0.161 e. The quantitative estimate of drug-likeness (QED) is 0.811. The number of benzene rings is 1. The van der Waals surface area contributed by atoms with E-state index in [0.29, 0.717) is 0 Å². The fourth-order valence-corrected chi connectivity index (χ4v) is 3.37. The molecule has 0 bridgehead atoms. The van der Waals surface area contributed by atoms with Crippen LogP contribution in [0.1, 0.15) is 23.9 Å². The predicted octanol–water partition coefficient (Wildman–Crippen LogP) is 4.21. The molecule has 1 heterocycles.